The third kappa shape index (κ3) is 6.18. The van der Waals surface area contributed by atoms with E-state index in [0.717, 1.165) is 12.8 Å². The zero-order chi connectivity index (χ0) is 20.7. The smallest absolute Gasteiger partial charge is 0.469 e. The standard InChI is InChI=1S/C18H24F3NO5S/c1-12-16(13(11-28-12)6-7-14(23)25-2)22(17(24)18(19,20)21)8-10-27-15-5-3-4-9-26-15/h11,15H,3-10H2,1-2H3. The van der Waals surface area contributed by atoms with Crippen molar-refractivity contribution in [3.63, 3.8) is 0 Å². The van der Waals surface area contributed by atoms with Crippen LogP contribution in [0.15, 0.2) is 5.38 Å². The van der Waals surface area contributed by atoms with Crippen LogP contribution in [0.3, 0.4) is 0 Å². The zero-order valence-corrected chi connectivity index (χ0v) is 16.7. The van der Waals surface area contributed by atoms with Gasteiger partial charge in [0.1, 0.15) is 0 Å². The van der Waals surface area contributed by atoms with Crippen molar-refractivity contribution in [2.24, 2.45) is 0 Å². The molecule has 10 heteroatoms. The Bertz CT molecular complexity index is 671. The molecule has 1 unspecified atom stereocenters. The molecular formula is C18H24F3NO5S. The first-order chi connectivity index (χ1) is 13.2. The number of carbonyl (C=O) groups excluding carboxylic acids is 2. The second-order valence-corrected chi connectivity index (χ2v) is 7.45. The molecule has 0 radical (unpaired) electrons. The Morgan fingerprint density at radius 3 is 2.71 bits per heavy atom. The van der Waals surface area contributed by atoms with Gasteiger partial charge < -0.3 is 19.1 Å². The van der Waals surface area contributed by atoms with Crippen molar-refractivity contribution in [3.8, 4) is 0 Å². The van der Waals surface area contributed by atoms with Crippen LogP contribution >= 0.6 is 11.3 Å². The van der Waals surface area contributed by atoms with E-state index < -0.39 is 24.3 Å². The van der Waals surface area contributed by atoms with E-state index in [1.807, 2.05) is 0 Å². The summed E-state index contributed by atoms with van der Waals surface area (Å²) in [5, 5.41) is 1.66. The minimum absolute atomic E-state index is 0.0140. The van der Waals surface area contributed by atoms with Crippen LogP contribution in [0.4, 0.5) is 18.9 Å². The molecule has 1 aliphatic rings. The minimum Gasteiger partial charge on any atom is -0.469 e. The lowest BCUT2D eigenvalue weighted by Gasteiger charge is -2.27. The molecule has 6 nitrogen and oxygen atoms in total. The number of ether oxygens (including phenoxy) is 3. The molecule has 2 rings (SSSR count). The van der Waals surface area contributed by atoms with Gasteiger partial charge in [-0.1, -0.05) is 0 Å². The van der Waals surface area contributed by atoms with Crippen molar-refractivity contribution in [2.45, 2.75) is 51.5 Å². The average Bonchev–Trinajstić information content (AvgIpc) is 3.03. The predicted molar refractivity (Wildman–Crippen MR) is 97.3 cm³/mol. The van der Waals surface area contributed by atoms with Gasteiger partial charge >= 0.3 is 18.1 Å². The van der Waals surface area contributed by atoms with E-state index in [9.17, 15) is 22.8 Å². The lowest BCUT2D eigenvalue weighted by molar-refractivity contribution is -0.173. The van der Waals surface area contributed by atoms with Gasteiger partial charge in [0.2, 0.25) is 0 Å². The molecule has 1 aromatic heterocycles. The lowest BCUT2D eigenvalue weighted by Crippen LogP contribution is -2.44. The summed E-state index contributed by atoms with van der Waals surface area (Å²) in [6, 6.07) is 0. The lowest BCUT2D eigenvalue weighted by atomic mass is 10.1. The highest BCUT2D eigenvalue weighted by Gasteiger charge is 2.44. The van der Waals surface area contributed by atoms with E-state index in [0.29, 0.717) is 28.4 Å². The number of nitrogens with zero attached hydrogens (tertiary/aromatic N) is 1. The highest BCUT2D eigenvalue weighted by atomic mass is 32.1. The maximum Gasteiger partial charge on any atom is 0.471 e. The number of hydrogen-bond acceptors (Lipinski definition) is 6. The van der Waals surface area contributed by atoms with E-state index in [2.05, 4.69) is 4.74 Å². The number of alkyl halides is 3. The summed E-state index contributed by atoms with van der Waals surface area (Å²) >= 11 is 1.23. The van der Waals surface area contributed by atoms with Crippen LogP contribution < -0.4 is 4.90 Å². The normalized spacial score (nSPS) is 17.4. The van der Waals surface area contributed by atoms with Crippen molar-refractivity contribution < 1.29 is 37.0 Å². The van der Waals surface area contributed by atoms with Gasteiger partial charge in [-0.3, -0.25) is 9.59 Å². The zero-order valence-electron chi connectivity index (χ0n) is 15.8. The molecule has 1 amide bonds. The molecule has 0 N–H and O–H groups in total. The number of rotatable bonds is 8. The van der Waals surface area contributed by atoms with Crippen LogP contribution in [-0.2, 0) is 30.2 Å². The fourth-order valence-corrected chi connectivity index (χ4v) is 3.86. The second-order valence-electron chi connectivity index (χ2n) is 6.36. The Kier molecular flexibility index (Phi) is 8.26. The fraction of sp³-hybridized carbons (Fsp3) is 0.667. The first-order valence-corrected chi connectivity index (χ1v) is 9.87. The van der Waals surface area contributed by atoms with Gasteiger partial charge in [0.25, 0.3) is 0 Å². The Balaban J connectivity index is 2.15. The molecule has 158 valence electrons. The van der Waals surface area contributed by atoms with Gasteiger partial charge in [-0.25, -0.2) is 0 Å². The summed E-state index contributed by atoms with van der Waals surface area (Å²) in [5.41, 5.74) is 0.684. The molecule has 1 aromatic rings. The number of halogens is 3. The van der Waals surface area contributed by atoms with E-state index in [1.165, 1.54) is 18.4 Å². The highest BCUT2D eigenvalue weighted by Crippen LogP contribution is 2.34. The Labute approximate surface area is 165 Å². The third-order valence-electron chi connectivity index (χ3n) is 4.36. The Hall–Kier alpha value is -1.65. The quantitative estimate of drug-likeness (QED) is 0.598. The molecule has 1 aliphatic heterocycles. The summed E-state index contributed by atoms with van der Waals surface area (Å²) in [7, 11) is 1.24. The number of anilines is 1. The van der Waals surface area contributed by atoms with Gasteiger partial charge in [-0.05, 0) is 43.6 Å². The van der Waals surface area contributed by atoms with Gasteiger partial charge in [-0.2, -0.15) is 13.2 Å². The molecule has 28 heavy (non-hydrogen) atoms. The summed E-state index contributed by atoms with van der Waals surface area (Å²) in [6.07, 6.45) is -2.75. The number of esters is 1. The topological polar surface area (TPSA) is 65.1 Å². The largest absolute Gasteiger partial charge is 0.471 e. The van der Waals surface area contributed by atoms with Gasteiger partial charge in [0, 0.05) is 24.4 Å². The number of methoxy groups -OCH3 is 1. The summed E-state index contributed by atoms with van der Waals surface area (Å²) in [5.74, 6) is -2.43. The Morgan fingerprint density at radius 1 is 1.36 bits per heavy atom. The van der Waals surface area contributed by atoms with Gasteiger partial charge in [0.15, 0.2) is 6.29 Å². The van der Waals surface area contributed by atoms with E-state index in [-0.39, 0.29) is 31.7 Å². The van der Waals surface area contributed by atoms with Crippen molar-refractivity contribution in [1.82, 2.24) is 0 Å². The van der Waals surface area contributed by atoms with Crippen molar-refractivity contribution in [1.29, 1.82) is 0 Å². The first-order valence-electron chi connectivity index (χ1n) is 8.99. The molecule has 0 aliphatic carbocycles. The summed E-state index contributed by atoms with van der Waals surface area (Å²) < 4.78 is 55.0. The molecule has 0 spiro atoms. The SMILES string of the molecule is COC(=O)CCc1csc(C)c1N(CCOC1CCCCO1)C(=O)C(F)(F)F. The molecule has 2 heterocycles. The van der Waals surface area contributed by atoms with Gasteiger partial charge in [-0.15, -0.1) is 11.3 Å². The van der Waals surface area contributed by atoms with Crippen molar-refractivity contribution >= 4 is 28.9 Å². The van der Waals surface area contributed by atoms with E-state index in [4.69, 9.17) is 9.47 Å². The van der Waals surface area contributed by atoms with Crippen molar-refractivity contribution in [3.05, 3.63) is 15.8 Å². The molecule has 0 saturated carbocycles. The fourth-order valence-electron chi connectivity index (χ4n) is 2.96. The number of thiophene rings is 1. The maximum absolute atomic E-state index is 13.2. The third-order valence-corrected chi connectivity index (χ3v) is 5.31. The first kappa shape index (κ1) is 22.6. The molecule has 1 atom stereocenters. The molecule has 1 saturated heterocycles. The molecule has 1 fully saturated rings. The van der Waals surface area contributed by atoms with Crippen LogP contribution in [0.5, 0.6) is 0 Å². The van der Waals surface area contributed by atoms with E-state index in [1.54, 1.807) is 12.3 Å². The number of hydrogen-bond donors (Lipinski definition) is 0. The van der Waals surface area contributed by atoms with Gasteiger partial charge in [0.05, 0.1) is 19.4 Å². The summed E-state index contributed by atoms with van der Waals surface area (Å²) in [4.78, 5) is 24.7. The average molecular weight is 423 g/mol. The summed E-state index contributed by atoms with van der Waals surface area (Å²) in [6.45, 7) is 1.85. The van der Waals surface area contributed by atoms with E-state index >= 15 is 0 Å². The van der Waals surface area contributed by atoms with Crippen LogP contribution in [0.1, 0.15) is 36.1 Å². The number of amides is 1. The Morgan fingerprint density at radius 2 is 2.11 bits per heavy atom. The molecule has 0 bridgehead atoms. The van der Waals surface area contributed by atoms with Crippen LogP contribution in [0.2, 0.25) is 0 Å². The predicted octanol–water partition coefficient (Wildman–Crippen LogP) is 3.60. The number of carbonyl (C=O) groups is 2. The maximum atomic E-state index is 13.2. The second kappa shape index (κ2) is 10.2. The highest BCUT2D eigenvalue weighted by molar-refractivity contribution is 7.10. The number of aryl methyl sites for hydroxylation is 2. The molecule has 0 aromatic carbocycles. The van der Waals surface area contributed by atoms with Crippen molar-refractivity contribution in [2.75, 3.05) is 31.8 Å². The van der Waals surface area contributed by atoms with Crippen LogP contribution in [-0.4, -0.2) is 51.2 Å². The minimum atomic E-state index is -5.02. The van der Waals surface area contributed by atoms with Crippen LogP contribution in [0, 0.1) is 6.92 Å². The monoisotopic (exact) mass is 423 g/mol. The van der Waals surface area contributed by atoms with Crippen LogP contribution in [0.25, 0.3) is 0 Å². The molecular weight excluding hydrogens is 399 g/mol.